The van der Waals surface area contributed by atoms with Crippen LogP contribution in [0.1, 0.15) is 29.9 Å². The molecule has 0 saturated carbocycles. The summed E-state index contributed by atoms with van der Waals surface area (Å²) in [6, 6.07) is 7.53. The van der Waals surface area contributed by atoms with Gasteiger partial charge in [0, 0.05) is 37.8 Å². The molecule has 0 atom stereocenters. The zero-order chi connectivity index (χ0) is 17.1. The molecule has 3 aromatic rings. The van der Waals surface area contributed by atoms with Gasteiger partial charge in [0.25, 0.3) is 0 Å². The standard InChI is InChI=1S/C18H21N5O/c1-12(2)11-23(3)16-5-4-14-17(21-22-18(14)20-16)15(24)10-13-6-8-19-9-7-13/h4-9,12H,10-11H2,1-3H3,(H,20,21,22). The van der Waals surface area contributed by atoms with E-state index in [-0.39, 0.29) is 5.78 Å². The number of rotatable bonds is 6. The van der Waals surface area contributed by atoms with Gasteiger partial charge in [-0.1, -0.05) is 13.8 Å². The maximum atomic E-state index is 12.5. The minimum atomic E-state index is -0.00575. The summed E-state index contributed by atoms with van der Waals surface area (Å²) in [4.78, 5) is 23.1. The quantitative estimate of drug-likeness (QED) is 0.706. The van der Waals surface area contributed by atoms with E-state index in [1.54, 1.807) is 12.4 Å². The van der Waals surface area contributed by atoms with Gasteiger partial charge in [-0.05, 0) is 35.7 Å². The van der Waals surface area contributed by atoms with Crippen molar-refractivity contribution >= 4 is 22.6 Å². The summed E-state index contributed by atoms with van der Waals surface area (Å²) in [7, 11) is 2.01. The molecule has 3 rings (SSSR count). The highest BCUT2D eigenvalue weighted by molar-refractivity contribution is 6.06. The highest BCUT2D eigenvalue weighted by Crippen LogP contribution is 2.20. The van der Waals surface area contributed by atoms with Crippen LogP contribution in [0.2, 0.25) is 0 Å². The number of Topliss-reactive ketones (excluding diaryl/α,β-unsaturated/α-hetero) is 1. The molecule has 0 fully saturated rings. The molecule has 0 saturated heterocycles. The Morgan fingerprint density at radius 2 is 1.96 bits per heavy atom. The number of nitrogens with one attached hydrogen (secondary N) is 1. The van der Waals surface area contributed by atoms with Gasteiger partial charge in [0.05, 0.1) is 0 Å². The molecule has 3 aromatic heterocycles. The maximum Gasteiger partial charge on any atom is 0.185 e. The third-order valence-electron chi connectivity index (χ3n) is 3.83. The van der Waals surface area contributed by atoms with Crippen LogP contribution in [0.5, 0.6) is 0 Å². The first-order valence-corrected chi connectivity index (χ1v) is 8.03. The fourth-order valence-corrected chi connectivity index (χ4v) is 2.73. The molecule has 6 nitrogen and oxygen atoms in total. The van der Waals surface area contributed by atoms with Crippen molar-refractivity contribution in [3.05, 3.63) is 47.9 Å². The highest BCUT2D eigenvalue weighted by Gasteiger charge is 2.16. The molecular weight excluding hydrogens is 302 g/mol. The molecule has 0 aromatic carbocycles. The number of hydrogen-bond acceptors (Lipinski definition) is 5. The first kappa shape index (κ1) is 16.1. The summed E-state index contributed by atoms with van der Waals surface area (Å²) in [6.07, 6.45) is 3.69. The number of aromatic nitrogens is 4. The van der Waals surface area contributed by atoms with Crippen LogP contribution in [0.4, 0.5) is 5.82 Å². The van der Waals surface area contributed by atoms with E-state index in [9.17, 15) is 4.79 Å². The van der Waals surface area contributed by atoms with Gasteiger partial charge in [0.2, 0.25) is 0 Å². The molecule has 0 aliphatic heterocycles. The maximum absolute atomic E-state index is 12.5. The zero-order valence-electron chi connectivity index (χ0n) is 14.2. The number of pyridine rings is 2. The number of carbonyl (C=O) groups is 1. The van der Waals surface area contributed by atoms with Gasteiger partial charge >= 0.3 is 0 Å². The molecule has 1 N–H and O–H groups in total. The second kappa shape index (κ2) is 6.78. The monoisotopic (exact) mass is 323 g/mol. The molecule has 124 valence electrons. The van der Waals surface area contributed by atoms with Crippen molar-refractivity contribution in [1.82, 2.24) is 20.2 Å². The summed E-state index contributed by atoms with van der Waals surface area (Å²) >= 11 is 0. The SMILES string of the molecule is CC(C)CN(C)c1ccc2c(C(=O)Cc3ccncc3)[nH]nc2n1. The van der Waals surface area contributed by atoms with Crippen LogP contribution in [0, 0.1) is 5.92 Å². The third kappa shape index (κ3) is 3.42. The molecule has 6 heteroatoms. The van der Waals surface area contributed by atoms with Crippen LogP contribution in [0.3, 0.4) is 0 Å². The Bertz CT molecular complexity index is 841. The van der Waals surface area contributed by atoms with Crippen LogP contribution >= 0.6 is 0 Å². The lowest BCUT2D eigenvalue weighted by Crippen LogP contribution is -2.23. The van der Waals surface area contributed by atoms with Gasteiger partial charge in [-0.3, -0.25) is 14.9 Å². The van der Waals surface area contributed by atoms with Crippen molar-refractivity contribution < 1.29 is 4.79 Å². The van der Waals surface area contributed by atoms with Crippen LogP contribution < -0.4 is 4.90 Å². The van der Waals surface area contributed by atoms with Gasteiger partial charge in [-0.2, -0.15) is 5.10 Å². The fraction of sp³-hybridized carbons (Fsp3) is 0.333. The lowest BCUT2D eigenvalue weighted by atomic mass is 10.1. The van der Waals surface area contributed by atoms with Crippen molar-refractivity contribution in [3.63, 3.8) is 0 Å². The van der Waals surface area contributed by atoms with Gasteiger partial charge in [-0.15, -0.1) is 0 Å². The zero-order valence-corrected chi connectivity index (χ0v) is 14.2. The van der Waals surface area contributed by atoms with Crippen molar-refractivity contribution in [3.8, 4) is 0 Å². The van der Waals surface area contributed by atoms with Gasteiger partial charge in [-0.25, -0.2) is 4.98 Å². The Labute approximate surface area is 140 Å². The number of ketones is 1. The number of aromatic amines is 1. The Morgan fingerprint density at radius 3 is 2.67 bits per heavy atom. The van der Waals surface area contributed by atoms with Crippen molar-refractivity contribution in [2.24, 2.45) is 5.92 Å². The lowest BCUT2D eigenvalue weighted by Gasteiger charge is -2.20. The van der Waals surface area contributed by atoms with E-state index in [1.807, 2.05) is 31.3 Å². The summed E-state index contributed by atoms with van der Waals surface area (Å²) in [5.41, 5.74) is 2.01. The Morgan fingerprint density at radius 1 is 1.21 bits per heavy atom. The van der Waals surface area contributed by atoms with E-state index in [0.29, 0.717) is 23.7 Å². The van der Waals surface area contributed by atoms with Crippen LogP contribution in [-0.2, 0) is 6.42 Å². The first-order valence-electron chi connectivity index (χ1n) is 8.03. The normalized spacial score (nSPS) is 11.2. The van der Waals surface area contributed by atoms with E-state index in [1.165, 1.54) is 0 Å². The first-order chi connectivity index (χ1) is 11.5. The Hall–Kier alpha value is -2.76. The number of hydrogen-bond donors (Lipinski definition) is 1. The van der Waals surface area contributed by atoms with E-state index >= 15 is 0 Å². The van der Waals surface area contributed by atoms with E-state index in [0.717, 1.165) is 23.3 Å². The average molecular weight is 323 g/mol. The highest BCUT2D eigenvalue weighted by atomic mass is 16.1. The summed E-state index contributed by atoms with van der Waals surface area (Å²) in [5, 5.41) is 7.81. The molecule has 3 heterocycles. The number of carbonyl (C=O) groups excluding carboxylic acids is 1. The summed E-state index contributed by atoms with van der Waals surface area (Å²) < 4.78 is 0. The van der Waals surface area contributed by atoms with Crippen molar-refractivity contribution in [1.29, 1.82) is 0 Å². The molecule has 0 aliphatic carbocycles. The van der Waals surface area contributed by atoms with E-state index in [2.05, 4.69) is 38.9 Å². The minimum absolute atomic E-state index is 0.00575. The van der Waals surface area contributed by atoms with Crippen molar-refractivity contribution in [2.75, 3.05) is 18.5 Å². The van der Waals surface area contributed by atoms with Gasteiger partial charge in [0.1, 0.15) is 11.5 Å². The van der Waals surface area contributed by atoms with Crippen LogP contribution in [0.25, 0.3) is 11.0 Å². The topological polar surface area (TPSA) is 74.8 Å². The third-order valence-corrected chi connectivity index (χ3v) is 3.83. The predicted molar refractivity (Wildman–Crippen MR) is 94.3 cm³/mol. The number of anilines is 1. The molecule has 0 unspecified atom stereocenters. The molecule has 0 aliphatic rings. The van der Waals surface area contributed by atoms with Crippen LogP contribution in [0.15, 0.2) is 36.7 Å². The number of fused-ring (bicyclic) bond motifs is 1. The van der Waals surface area contributed by atoms with Gasteiger partial charge in [0.15, 0.2) is 11.4 Å². The predicted octanol–water partition coefficient (Wildman–Crippen LogP) is 2.87. The van der Waals surface area contributed by atoms with Crippen molar-refractivity contribution in [2.45, 2.75) is 20.3 Å². The molecule has 0 radical (unpaired) electrons. The van der Waals surface area contributed by atoms with Gasteiger partial charge < -0.3 is 4.90 Å². The smallest absolute Gasteiger partial charge is 0.185 e. The molecule has 0 bridgehead atoms. The summed E-state index contributed by atoms with van der Waals surface area (Å²) in [6.45, 7) is 5.25. The molecule has 24 heavy (non-hydrogen) atoms. The second-order valence-electron chi connectivity index (χ2n) is 6.37. The molecule has 0 amide bonds. The average Bonchev–Trinajstić information content (AvgIpc) is 2.98. The largest absolute Gasteiger partial charge is 0.359 e. The second-order valence-corrected chi connectivity index (χ2v) is 6.37. The molecule has 0 spiro atoms. The number of nitrogens with zero attached hydrogens (tertiary/aromatic N) is 4. The van der Waals surface area contributed by atoms with E-state index < -0.39 is 0 Å². The Balaban J connectivity index is 1.84. The van der Waals surface area contributed by atoms with Crippen LogP contribution in [-0.4, -0.2) is 39.5 Å². The Kier molecular flexibility index (Phi) is 4.55. The summed E-state index contributed by atoms with van der Waals surface area (Å²) in [5.74, 6) is 1.40. The lowest BCUT2D eigenvalue weighted by molar-refractivity contribution is 0.0989. The molecular formula is C18H21N5O. The fourth-order valence-electron chi connectivity index (χ4n) is 2.73. The van der Waals surface area contributed by atoms with E-state index in [4.69, 9.17) is 0 Å². The minimum Gasteiger partial charge on any atom is -0.359 e. The number of H-pyrrole nitrogens is 1.